The van der Waals surface area contributed by atoms with E-state index in [2.05, 4.69) is 10.4 Å². The summed E-state index contributed by atoms with van der Waals surface area (Å²) in [4.78, 5) is 25.1. The van der Waals surface area contributed by atoms with Crippen LogP contribution in [0.25, 0.3) is 5.69 Å². The molecule has 0 fully saturated rings. The van der Waals surface area contributed by atoms with Crippen LogP contribution in [-0.2, 0) is 0 Å². The van der Waals surface area contributed by atoms with Crippen molar-refractivity contribution in [1.82, 2.24) is 9.78 Å². The Bertz CT molecular complexity index is 1030. The number of rotatable bonds is 5. The zero-order valence-electron chi connectivity index (χ0n) is 14.9. The van der Waals surface area contributed by atoms with Crippen LogP contribution < -0.4 is 15.5 Å². The standard InChI is InChI=1S/C20H18ClN3O3/c1-3-27-19-15(21)10-7-11-16(19)22-20(26)18-17(25)12-13(2)24(23-18)14-8-5-4-6-9-14/h4-12H,3H2,1-2H3,(H,22,26). The van der Waals surface area contributed by atoms with Crippen molar-refractivity contribution in [1.29, 1.82) is 0 Å². The number of carbonyl (C=O) groups excluding carboxylic acids is 1. The first-order chi connectivity index (χ1) is 13.0. The minimum atomic E-state index is -0.632. The summed E-state index contributed by atoms with van der Waals surface area (Å²) in [6, 6.07) is 15.7. The van der Waals surface area contributed by atoms with Gasteiger partial charge in [0.05, 0.1) is 23.0 Å². The van der Waals surface area contributed by atoms with E-state index in [0.29, 0.717) is 28.8 Å². The lowest BCUT2D eigenvalue weighted by Crippen LogP contribution is -2.27. The number of halogens is 1. The predicted octanol–water partition coefficient (Wildman–Crippen LogP) is 3.85. The van der Waals surface area contributed by atoms with Crippen LogP contribution in [0.1, 0.15) is 23.1 Å². The van der Waals surface area contributed by atoms with Crippen LogP contribution in [0.5, 0.6) is 5.75 Å². The molecular formula is C20H18ClN3O3. The van der Waals surface area contributed by atoms with Crippen molar-refractivity contribution in [3.05, 3.63) is 81.2 Å². The molecule has 1 amide bonds. The van der Waals surface area contributed by atoms with Crippen LogP contribution in [0.4, 0.5) is 5.69 Å². The second kappa shape index (κ2) is 8.05. The first kappa shape index (κ1) is 18.7. The van der Waals surface area contributed by atoms with Gasteiger partial charge < -0.3 is 10.1 Å². The largest absolute Gasteiger partial charge is 0.490 e. The number of para-hydroxylation sites is 2. The molecule has 138 valence electrons. The van der Waals surface area contributed by atoms with Crippen molar-refractivity contribution in [2.75, 3.05) is 11.9 Å². The van der Waals surface area contributed by atoms with E-state index in [-0.39, 0.29) is 5.69 Å². The first-order valence-corrected chi connectivity index (χ1v) is 8.78. The highest BCUT2D eigenvalue weighted by molar-refractivity contribution is 6.32. The van der Waals surface area contributed by atoms with Gasteiger partial charge in [0.15, 0.2) is 11.4 Å². The summed E-state index contributed by atoms with van der Waals surface area (Å²) in [7, 11) is 0. The van der Waals surface area contributed by atoms with Gasteiger partial charge in [-0.1, -0.05) is 35.9 Å². The Kier molecular flexibility index (Phi) is 5.57. The van der Waals surface area contributed by atoms with E-state index >= 15 is 0 Å². The molecule has 1 aromatic heterocycles. The van der Waals surface area contributed by atoms with Gasteiger partial charge in [-0.2, -0.15) is 5.10 Å². The molecule has 0 unspecified atom stereocenters. The highest BCUT2D eigenvalue weighted by Crippen LogP contribution is 2.33. The van der Waals surface area contributed by atoms with Gasteiger partial charge >= 0.3 is 0 Å². The van der Waals surface area contributed by atoms with Crippen molar-refractivity contribution in [3.8, 4) is 11.4 Å². The summed E-state index contributed by atoms with van der Waals surface area (Å²) in [6.07, 6.45) is 0. The van der Waals surface area contributed by atoms with Crippen LogP contribution in [0.15, 0.2) is 59.4 Å². The number of aryl methyl sites for hydroxylation is 1. The van der Waals surface area contributed by atoms with E-state index in [4.69, 9.17) is 16.3 Å². The Hall–Kier alpha value is -3.12. The zero-order valence-corrected chi connectivity index (χ0v) is 15.7. The molecule has 1 N–H and O–H groups in total. The maximum atomic E-state index is 12.7. The lowest BCUT2D eigenvalue weighted by atomic mass is 10.2. The number of nitrogens with one attached hydrogen (secondary N) is 1. The smallest absolute Gasteiger partial charge is 0.280 e. The van der Waals surface area contributed by atoms with Gasteiger partial charge in [-0.3, -0.25) is 9.59 Å². The van der Waals surface area contributed by atoms with Crippen molar-refractivity contribution in [2.45, 2.75) is 13.8 Å². The zero-order chi connectivity index (χ0) is 19.4. The van der Waals surface area contributed by atoms with Gasteiger partial charge in [-0.15, -0.1) is 0 Å². The van der Waals surface area contributed by atoms with E-state index in [9.17, 15) is 9.59 Å². The molecule has 0 atom stereocenters. The fourth-order valence-corrected chi connectivity index (χ4v) is 2.84. The first-order valence-electron chi connectivity index (χ1n) is 8.40. The average molecular weight is 384 g/mol. The molecule has 0 spiro atoms. The molecule has 3 rings (SSSR count). The predicted molar refractivity (Wildman–Crippen MR) is 105 cm³/mol. The topological polar surface area (TPSA) is 73.2 Å². The fourth-order valence-electron chi connectivity index (χ4n) is 2.62. The summed E-state index contributed by atoms with van der Waals surface area (Å²) >= 11 is 6.14. The molecule has 2 aromatic carbocycles. The van der Waals surface area contributed by atoms with Gasteiger partial charge in [-0.25, -0.2) is 4.68 Å². The maximum absolute atomic E-state index is 12.7. The summed E-state index contributed by atoms with van der Waals surface area (Å²) in [5, 5.41) is 7.29. The summed E-state index contributed by atoms with van der Waals surface area (Å²) in [5.41, 5.74) is 1.08. The molecule has 0 aliphatic carbocycles. The Morgan fingerprint density at radius 3 is 2.63 bits per heavy atom. The Morgan fingerprint density at radius 1 is 1.19 bits per heavy atom. The van der Waals surface area contributed by atoms with Crippen molar-refractivity contribution in [3.63, 3.8) is 0 Å². The third kappa shape index (κ3) is 4.01. The molecule has 0 saturated carbocycles. The number of hydrogen-bond donors (Lipinski definition) is 1. The second-order valence-corrected chi connectivity index (χ2v) is 6.16. The van der Waals surface area contributed by atoms with Gasteiger partial charge in [0.25, 0.3) is 5.91 Å². The maximum Gasteiger partial charge on any atom is 0.280 e. The minimum absolute atomic E-state index is 0.216. The van der Waals surface area contributed by atoms with E-state index in [1.54, 1.807) is 29.8 Å². The van der Waals surface area contributed by atoms with Crippen LogP contribution in [0.2, 0.25) is 5.02 Å². The lowest BCUT2D eigenvalue weighted by Gasteiger charge is -2.14. The normalized spacial score (nSPS) is 10.5. The third-order valence-electron chi connectivity index (χ3n) is 3.83. The number of hydrogen-bond acceptors (Lipinski definition) is 4. The number of nitrogens with zero attached hydrogens (tertiary/aromatic N) is 2. The number of ether oxygens (including phenoxy) is 1. The van der Waals surface area contributed by atoms with E-state index in [1.165, 1.54) is 6.07 Å². The van der Waals surface area contributed by atoms with Crippen LogP contribution in [-0.4, -0.2) is 22.3 Å². The molecule has 7 heteroatoms. The molecule has 27 heavy (non-hydrogen) atoms. The molecular weight excluding hydrogens is 366 g/mol. The molecule has 0 aliphatic rings. The number of benzene rings is 2. The molecule has 0 bridgehead atoms. The highest BCUT2D eigenvalue weighted by atomic mass is 35.5. The Labute approximate surface area is 161 Å². The van der Waals surface area contributed by atoms with Crippen LogP contribution in [0.3, 0.4) is 0 Å². The summed E-state index contributed by atoms with van der Waals surface area (Å²) < 4.78 is 7.05. The van der Waals surface area contributed by atoms with Crippen LogP contribution in [0, 0.1) is 6.92 Å². The van der Waals surface area contributed by atoms with Gasteiger partial charge in [-0.05, 0) is 38.1 Å². The highest BCUT2D eigenvalue weighted by Gasteiger charge is 2.18. The second-order valence-electron chi connectivity index (χ2n) is 5.75. The molecule has 0 radical (unpaired) electrons. The van der Waals surface area contributed by atoms with Crippen molar-refractivity contribution in [2.24, 2.45) is 0 Å². The molecule has 6 nitrogen and oxygen atoms in total. The van der Waals surface area contributed by atoms with Crippen molar-refractivity contribution < 1.29 is 9.53 Å². The molecule has 0 saturated heterocycles. The van der Waals surface area contributed by atoms with Gasteiger partial charge in [0.1, 0.15) is 0 Å². The number of amides is 1. The molecule has 1 heterocycles. The lowest BCUT2D eigenvalue weighted by molar-refractivity contribution is 0.101. The van der Waals surface area contributed by atoms with Gasteiger partial charge in [0, 0.05) is 11.8 Å². The Balaban J connectivity index is 1.99. The average Bonchev–Trinajstić information content (AvgIpc) is 2.65. The molecule has 0 aliphatic heterocycles. The van der Waals surface area contributed by atoms with E-state index in [1.807, 2.05) is 37.3 Å². The monoisotopic (exact) mass is 383 g/mol. The Morgan fingerprint density at radius 2 is 1.93 bits per heavy atom. The van der Waals surface area contributed by atoms with E-state index < -0.39 is 11.3 Å². The minimum Gasteiger partial charge on any atom is -0.490 e. The van der Waals surface area contributed by atoms with Crippen molar-refractivity contribution >= 4 is 23.2 Å². The SMILES string of the molecule is CCOc1c(Cl)cccc1NC(=O)c1nn(-c2ccccc2)c(C)cc1=O. The third-order valence-corrected chi connectivity index (χ3v) is 4.12. The van der Waals surface area contributed by atoms with Crippen LogP contribution >= 0.6 is 11.6 Å². The van der Waals surface area contributed by atoms with E-state index in [0.717, 1.165) is 5.69 Å². The number of aromatic nitrogens is 2. The summed E-state index contributed by atoms with van der Waals surface area (Å²) in [5.74, 6) is -0.279. The fraction of sp³-hybridized carbons (Fsp3) is 0.150. The summed E-state index contributed by atoms with van der Waals surface area (Å²) in [6.45, 7) is 3.96. The molecule has 3 aromatic rings. The quantitative estimate of drug-likeness (QED) is 0.726. The van der Waals surface area contributed by atoms with Gasteiger partial charge in [0.2, 0.25) is 5.43 Å². The number of anilines is 1. The number of carbonyl (C=O) groups is 1.